The Labute approximate surface area is 66.3 Å². The third-order valence-electron chi connectivity index (χ3n) is 1.66. The highest BCUT2D eigenvalue weighted by molar-refractivity contribution is 5.75. The van der Waals surface area contributed by atoms with E-state index in [-0.39, 0.29) is 5.92 Å². The summed E-state index contributed by atoms with van der Waals surface area (Å²) in [5, 5.41) is 2.87. The van der Waals surface area contributed by atoms with Crippen molar-refractivity contribution in [1.29, 1.82) is 0 Å². The van der Waals surface area contributed by atoms with Gasteiger partial charge in [-0.1, -0.05) is 12.2 Å². The van der Waals surface area contributed by atoms with Gasteiger partial charge in [-0.2, -0.15) is 0 Å². The van der Waals surface area contributed by atoms with Gasteiger partial charge in [0.15, 0.2) is 0 Å². The number of rotatable bonds is 3. The van der Waals surface area contributed by atoms with E-state index < -0.39 is 0 Å². The highest BCUT2D eigenvalue weighted by Gasteiger charge is 2.10. The summed E-state index contributed by atoms with van der Waals surface area (Å²) in [6.07, 6.45) is 9.04. The SMILES string of the molecule is C=CCC1C=CNC=C1C=O. The van der Waals surface area contributed by atoms with E-state index in [4.69, 9.17) is 0 Å². The van der Waals surface area contributed by atoms with Crippen molar-refractivity contribution in [1.82, 2.24) is 5.32 Å². The predicted molar refractivity (Wildman–Crippen MR) is 44.7 cm³/mol. The molecule has 1 heterocycles. The Bertz CT molecular complexity index is 216. The first-order chi connectivity index (χ1) is 5.38. The minimum Gasteiger partial charge on any atom is -0.368 e. The summed E-state index contributed by atoms with van der Waals surface area (Å²) in [5.74, 6) is 0.214. The number of carbonyl (C=O) groups is 1. The lowest BCUT2D eigenvalue weighted by Gasteiger charge is -2.13. The number of hydrogen-bond donors (Lipinski definition) is 1. The molecular formula is C9H11NO. The van der Waals surface area contributed by atoms with Crippen LogP contribution in [0.4, 0.5) is 0 Å². The van der Waals surface area contributed by atoms with Crippen LogP contribution >= 0.6 is 0 Å². The summed E-state index contributed by atoms with van der Waals surface area (Å²) in [5.41, 5.74) is 0.785. The molecule has 2 nitrogen and oxygen atoms in total. The average Bonchev–Trinajstić information content (AvgIpc) is 2.06. The largest absolute Gasteiger partial charge is 0.368 e. The molecule has 1 aliphatic rings. The number of carbonyl (C=O) groups excluding carboxylic acids is 1. The molecule has 0 radical (unpaired) electrons. The van der Waals surface area contributed by atoms with Crippen LogP contribution < -0.4 is 5.32 Å². The van der Waals surface area contributed by atoms with E-state index in [9.17, 15) is 4.79 Å². The lowest BCUT2D eigenvalue weighted by atomic mass is 9.96. The highest BCUT2D eigenvalue weighted by atomic mass is 16.1. The zero-order valence-electron chi connectivity index (χ0n) is 6.29. The van der Waals surface area contributed by atoms with Gasteiger partial charge in [0.05, 0.1) is 0 Å². The fourth-order valence-corrected chi connectivity index (χ4v) is 1.05. The maximum absolute atomic E-state index is 10.5. The Morgan fingerprint density at radius 1 is 1.73 bits per heavy atom. The quantitative estimate of drug-likeness (QED) is 0.485. The normalized spacial score (nSPS) is 21.8. The van der Waals surface area contributed by atoms with Crippen LogP contribution in [0.5, 0.6) is 0 Å². The fraction of sp³-hybridized carbons (Fsp3) is 0.222. The molecule has 1 N–H and O–H groups in total. The lowest BCUT2D eigenvalue weighted by Crippen LogP contribution is -2.11. The summed E-state index contributed by atoms with van der Waals surface area (Å²) in [6.45, 7) is 3.63. The molecule has 1 unspecified atom stereocenters. The van der Waals surface area contributed by atoms with Gasteiger partial charge in [0.2, 0.25) is 0 Å². The maximum Gasteiger partial charge on any atom is 0.148 e. The van der Waals surface area contributed by atoms with Crippen LogP contribution in [0.15, 0.2) is 36.7 Å². The molecule has 1 rings (SSSR count). The van der Waals surface area contributed by atoms with Gasteiger partial charge in [0, 0.05) is 17.7 Å². The molecule has 0 aliphatic carbocycles. The summed E-state index contributed by atoms with van der Waals surface area (Å²) in [4.78, 5) is 10.5. The Balaban J connectivity index is 2.66. The van der Waals surface area contributed by atoms with Gasteiger partial charge >= 0.3 is 0 Å². The molecule has 0 saturated carbocycles. The van der Waals surface area contributed by atoms with Crippen molar-refractivity contribution < 1.29 is 4.79 Å². The molecule has 0 aromatic rings. The van der Waals surface area contributed by atoms with E-state index in [1.165, 1.54) is 0 Å². The molecular weight excluding hydrogens is 138 g/mol. The molecule has 0 spiro atoms. The number of allylic oxidation sites excluding steroid dienone is 3. The summed E-state index contributed by atoms with van der Waals surface area (Å²) < 4.78 is 0. The first-order valence-electron chi connectivity index (χ1n) is 3.57. The summed E-state index contributed by atoms with van der Waals surface area (Å²) in [6, 6.07) is 0. The highest BCUT2D eigenvalue weighted by Crippen LogP contribution is 2.16. The number of hydrogen-bond acceptors (Lipinski definition) is 2. The first kappa shape index (κ1) is 7.79. The zero-order chi connectivity index (χ0) is 8.10. The second kappa shape index (κ2) is 3.76. The number of nitrogens with one attached hydrogen (secondary N) is 1. The molecule has 0 bridgehead atoms. The van der Waals surface area contributed by atoms with Crippen molar-refractivity contribution in [3.63, 3.8) is 0 Å². The van der Waals surface area contributed by atoms with Crippen molar-refractivity contribution in [3.8, 4) is 0 Å². The topological polar surface area (TPSA) is 29.1 Å². The monoisotopic (exact) mass is 149 g/mol. The molecule has 11 heavy (non-hydrogen) atoms. The van der Waals surface area contributed by atoms with Crippen LogP contribution in [0.3, 0.4) is 0 Å². The fourth-order valence-electron chi connectivity index (χ4n) is 1.05. The Morgan fingerprint density at radius 2 is 2.55 bits per heavy atom. The zero-order valence-corrected chi connectivity index (χ0v) is 6.29. The molecule has 1 atom stereocenters. The van der Waals surface area contributed by atoms with Crippen molar-refractivity contribution in [2.75, 3.05) is 0 Å². The lowest BCUT2D eigenvalue weighted by molar-refractivity contribution is -0.105. The maximum atomic E-state index is 10.5. The summed E-state index contributed by atoms with van der Waals surface area (Å²) in [7, 11) is 0. The smallest absolute Gasteiger partial charge is 0.148 e. The van der Waals surface area contributed by atoms with Crippen molar-refractivity contribution in [2.24, 2.45) is 5.92 Å². The standard InChI is InChI=1S/C9H11NO/c1-2-3-8-4-5-10-6-9(8)7-11/h2,4-8,10H,1,3H2. The van der Waals surface area contributed by atoms with E-state index in [0.717, 1.165) is 18.3 Å². The minimum atomic E-state index is 0.214. The van der Waals surface area contributed by atoms with Crippen LogP contribution in [-0.2, 0) is 4.79 Å². The van der Waals surface area contributed by atoms with Crippen molar-refractivity contribution in [2.45, 2.75) is 6.42 Å². The van der Waals surface area contributed by atoms with Gasteiger partial charge in [-0.3, -0.25) is 4.79 Å². The van der Waals surface area contributed by atoms with E-state index in [1.54, 1.807) is 6.20 Å². The van der Waals surface area contributed by atoms with Crippen LogP contribution in [0.25, 0.3) is 0 Å². The van der Waals surface area contributed by atoms with Crippen LogP contribution in [0.1, 0.15) is 6.42 Å². The molecule has 0 aromatic heterocycles. The number of dihydropyridines is 1. The van der Waals surface area contributed by atoms with Crippen LogP contribution in [0, 0.1) is 5.92 Å². The molecule has 0 aromatic carbocycles. The molecule has 58 valence electrons. The van der Waals surface area contributed by atoms with Gasteiger partial charge in [-0.15, -0.1) is 6.58 Å². The average molecular weight is 149 g/mol. The Hall–Kier alpha value is -1.31. The molecule has 0 amide bonds. The Kier molecular flexibility index (Phi) is 2.66. The van der Waals surface area contributed by atoms with Gasteiger partial charge in [0.1, 0.15) is 6.29 Å². The van der Waals surface area contributed by atoms with Gasteiger partial charge in [-0.05, 0) is 12.6 Å². The van der Waals surface area contributed by atoms with Crippen LogP contribution in [0.2, 0.25) is 0 Å². The van der Waals surface area contributed by atoms with Crippen molar-refractivity contribution >= 4 is 6.29 Å². The number of aldehydes is 1. The van der Waals surface area contributed by atoms with Crippen molar-refractivity contribution in [3.05, 3.63) is 36.7 Å². The third kappa shape index (κ3) is 1.80. The molecule has 2 heteroatoms. The second-order valence-electron chi connectivity index (χ2n) is 2.42. The van der Waals surface area contributed by atoms with E-state index in [2.05, 4.69) is 11.9 Å². The Morgan fingerprint density at radius 3 is 3.18 bits per heavy atom. The molecule has 0 saturated heterocycles. The third-order valence-corrected chi connectivity index (χ3v) is 1.66. The van der Waals surface area contributed by atoms with E-state index in [0.29, 0.717) is 0 Å². The minimum absolute atomic E-state index is 0.214. The van der Waals surface area contributed by atoms with E-state index in [1.807, 2.05) is 18.4 Å². The first-order valence-corrected chi connectivity index (χ1v) is 3.57. The van der Waals surface area contributed by atoms with Gasteiger partial charge in [-0.25, -0.2) is 0 Å². The van der Waals surface area contributed by atoms with Gasteiger partial charge in [0.25, 0.3) is 0 Å². The predicted octanol–water partition coefficient (Wildman–Crippen LogP) is 1.38. The van der Waals surface area contributed by atoms with Gasteiger partial charge < -0.3 is 5.32 Å². The second-order valence-corrected chi connectivity index (χ2v) is 2.42. The molecule has 0 fully saturated rings. The molecule has 1 aliphatic heterocycles. The van der Waals surface area contributed by atoms with E-state index >= 15 is 0 Å². The summed E-state index contributed by atoms with van der Waals surface area (Å²) >= 11 is 0. The van der Waals surface area contributed by atoms with Crippen LogP contribution in [-0.4, -0.2) is 6.29 Å².